The van der Waals surface area contributed by atoms with Crippen molar-refractivity contribution in [2.75, 3.05) is 0 Å². The molecule has 0 bridgehead atoms. The second-order valence-electron chi connectivity index (χ2n) is 3.76. The van der Waals surface area contributed by atoms with Crippen LogP contribution >= 0.6 is 0 Å². The smallest absolute Gasteiger partial charge is 0.0998 e. The van der Waals surface area contributed by atoms with Gasteiger partial charge in [0.25, 0.3) is 0 Å². The van der Waals surface area contributed by atoms with Gasteiger partial charge in [0.1, 0.15) is 0 Å². The van der Waals surface area contributed by atoms with Crippen LogP contribution in [0, 0.1) is 17.4 Å². The molecule has 1 radical (unpaired) electrons. The van der Waals surface area contributed by atoms with Crippen LogP contribution in [0.1, 0.15) is 5.56 Å². The number of rotatable bonds is 0. The monoisotopic (exact) mass is 202 g/mol. The van der Waals surface area contributed by atoms with E-state index in [9.17, 15) is 0 Å². The Bertz CT molecular complexity index is 720. The summed E-state index contributed by atoms with van der Waals surface area (Å²) in [4.78, 5) is 0. The van der Waals surface area contributed by atoms with E-state index >= 15 is 0 Å². The Balaban J connectivity index is 2.52. The molecule has 3 rings (SSSR count). The number of benzene rings is 3. The molecule has 73 valence electrons. The zero-order chi connectivity index (χ0) is 11.0. The lowest BCUT2D eigenvalue weighted by Crippen LogP contribution is -1.80. The Kier molecular flexibility index (Phi) is 1.88. The van der Waals surface area contributed by atoms with Crippen LogP contribution in [0.3, 0.4) is 0 Å². The molecule has 1 nitrogen and oxygen atoms in total. The molecule has 0 unspecified atom stereocenters. The molecule has 0 heterocycles. The fourth-order valence-electron chi connectivity index (χ4n) is 2.00. The van der Waals surface area contributed by atoms with E-state index in [1.54, 1.807) is 0 Å². The number of hydrogen-bond donors (Lipinski definition) is 0. The van der Waals surface area contributed by atoms with Gasteiger partial charge >= 0.3 is 0 Å². The lowest BCUT2D eigenvalue weighted by atomic mass is 10.0. The van der Waals surface area contributed by atoms with Gasteiger partial charge in [0.15, 0.2) is 0 Å². The van der Waals surface area contributed by atoms with Crippen LogP contribution in [-0.4, -0.2) is 0 Å². The van der Waals surface area contributed by atoms with Gasteiger partial charge in [-0.1, -0.05) is 24.3 Å². The number of fused-ring (bicyclic) bond motifs is 2. The Morgan fingerprint density at radius 3 is 2.81 bits per heavy atom. The van der Waals surface area contributed by atoms with Crippen molar-refractivity contribution in [3.63, 3.8) is 0 Å². The maximum atomic E-state index is 9.05. The molecule has 0 atom stereocenters. The van der Waals surface area contributed by atoms with Gasteiger partial charge in [0.2, 0.25) is 0 Å². The summed E-state index contributed by atoms with van der Waals surface area (Å²) >= 11 is 0. The van der Waals surface area contributed by atoms with Gasteiger partial charge in [0.05, 0.1) is 11.6 Å². The predicted octanol–water partition coefficient (Wildman–Crippen LogP) is 3.66. The average molecular weight is 202 g/mol. The van der Waals surface area contributed by atoms with Gasteiger partial charge < -0.3 is 0 Å². The minimum absolute atomic E-state index is 0.729. The lowest BCUT2D eigenvalue weighted by Gasteiger charge is -2.03. The maximum Gasteiger partial charge on any atom is 0.0998 e. The molecule has 0 amide bonds. The zero-order valence-corrected chi connectivity index (χ0v) is 8.57. The Morgan fingerprint density at radius 1 is 1.00 bits per heavy atom. The van der Waals surface area contributed by atoms with Crippen LogP contribution in [0.25, 0.3) is 21.5 Å². The molecule has 0 aliphatic heterocycles. The number of hydrogen-bond acceptors (Lipinski definition) is 1. The van der Waals surface area contributed by atoms with E-state index in [0.29, 0.717) is 0 Å². The van der Waals surface area contributed by atoms with Gasteiger partial charge in [-0.3, -0.25) is 0 Å². The summed E-state index contributed by atoms with van der Waals surface area (Å²) in [5, 5.41) is 13.5. The van der Waals surface area contributed by atoms with Crippen molar-refractivity contribution in [1.82, 2.24) is 0 Å². The average Bonchev–Trinajstić information content (AvgIpc) is 2.35. The Hall–Kier alpha value is -2.33. The van der Waals surface area contributed by atoms with Gasteiger partial charge in [-0.15, -0.1) is 0 Å². The highest BCUT2D eigenvalue weighted by molar-refractivity contribution is 6.00. The van der Waals surface area contributed by atoms with E-state index in [2.05, 4.69) is 24.3 Å². The standard InChI is InChI=1S/C15H8N/c16-10-14-7-3-6-13-8-11-4-1-2-5-12(11)9-15(13)14/h2-9H. The SMILES string of the molecule is N#Cc1cccc2cc3c[c]ccc3cc12. The minimum atomic E-state index is 0.729. The topological polar surface area (TPSA) is 23.8 Å². The van der Waals surface area contributed by atoms with Crippen molar-refractivity contribution in [2.24, 2.45) is 0 Å². The second kappa shape index (κ2) is 3.36. The van der Waals surface area contributed by atoms with E-state index < -0.39 is 0 Å². The molecule has 0 spiro atoms. The van der Waals surface area contributed by atoms with Crippen LogP contribution in [0.4, 0.5) is 0 Å². The Morgan fingerprint density at radius 2 is 1.94 bits per heavy atom. The fourth-order valence-corrected chi connectivity index (χ4v) is 2.00. The molecular formula is C15H8N. The quantitative estimate of drug-likeness (QED) is 0.510. The summed E-state index contributed by atoms with van der Waals surface area (Å²) in [5.41, 5.74) is 0.729. The summed E-state index contributed by atoms with van der Waals surface area (Å²) in [7, 11) is 0. The third-order valence-electron chi connectivity index (χ3n) is 2.80. The van der Waals surface area contributed by atoms with Crippen LogP contribution < -0.4 is 0 Å². The number of nitrogens with zero attached hydrogens (tertiary/aromatic N) is 1. The first-order valence-corrected chi connectivity index (χ1v) is 5.11. The normalized spacial score (nSPS) is 10.4. The Labute approximate surface area is 93.6 Å². The fraction of sp³-hybridized carbons (Fsp3) is 0. The van der Waals surface area contributed by atoms with Crippen LogP contribution in [-0.2, 0) is 0 Å². The third kappa shape index (κ3) is 1.24. The first-order chi connectivity index (χ1) is 7.88. The molecule has 0 aromatic heterocycles. The van der Waals surface area contributed by atoms with E-state index in [4.69, 9.17) is 5.26 Å². The van der Waals surface area contributed by atoms with E-state index in [1.807, 2.05) is 36.4 Å². The highest BCUT2D eigenvalue weighted by atomic mass is 14.2. The zero-order valence-electron chi connectivity index (χ0n) is 8.57. The van der Waals surface area contributed by atoms with E-state index in [1.165, 1.54) is 0 Å². The molecule has 0 fully saturated rings. The molecule has 0 saturated heterocycles. The highest BCUT2D eigenvalue weighted by Crippen LogP contribution is 2.24. The van der Waals surface area contributed by atoms with Crippen LogP contribution in [0.2, 0.25) is 0 Å². The predicted molar refractivity (Wildman–Crippen MR) is 65.0 cm³/mol. The summed E-state index contributed by atoms with van der Waals surface area (Å²) < 4.78 is 0. The van der Waals surface area contributed by atoms with Crippen molar-refractivity contribution in [2.45, 2.75) is 0 Å². The molecule has 1 heteroatoms. The van der Waals surface area contributed by atoms with Gasteiger partial charge in [-0.05, 0) is 46.5 Å². The van der Waals surface area contributed by atoms with Crippen molar-refractivity contribution < 1.29 is 0 Å². The molecule has 0 aliphatic rings. The highest BCUT2D eigenvalue weighted by Gasteiger charge is 2.01. The molecule has 16 heavy (non-hydrogen) atoms. The van der Waals surface area contributed by atoms with Gasteiger partial charge in [-0.2, -0.15) is 5.26 Å². The molecule has 0 aliphatic carbocycles. The minimum Gasteiger partial charge on any atom is -0.192 e. The molecule has 0 saturated carbocycles. The summed E-state index contributed by atoms with van der Waals surface area (Å²) in [5.74, 6) is 0. The molecule has 3 aromatic carbocycles. The van der Waals surface area contributed by atoms with Crippen LogP contribution in [0.15, 0.2) is 48.5 Å². The second-order valence-corrected chi connectivity index (χ2v) is 3.76. The van der Waals surface area contributed by atoms with Crippen LogP contribution in [0.5, 0.6) is 0 Å². The third-order valence-corrected chi connectivity index (χ3v) is 2.80. The summed E-state index contributed by atoms with van der Waals surface area (Å²) in [6.45, 7) is 0. The lowest BCUT2D eigenvalue weighted by molar-refractivity contribution is 1.50. The van der Waals surface area contributed by atoms with Gasteiger partial charge in [-0.25, -0.2) is 0 Å². The van der Waals surface area contributed by atoms with Crippen molar-refractivity contribution in [3.05, 3.63) is 60.2 Å². The van der Waals surface area contributed by atoms with E-state index in [-0.39, 0.29) is 0 Å². The maximum absolute atomic E-state index is 9.05. The van der Waals surface area contributed by atoms with Gasteiger partial charge in [0, 0.05) is 5.39 Å². The van der Waals surface area contributed by atoms with Crippen molar-refractivity contribution in [3.8, 4) is 6.07 Å². The summed E-state index contributed by atoms with van der Waals surface area (Å²) in [6.07, 6.45) is 0. The summed E-state index contributed by atoms with van der Waals surface area (Å²) in [6, 6.07) is 21.1. The molecular weight excluding hydrogens is 194 g/mol. The van der Waals surface area contributed by atoms with E-state index in [0.717, 1.165) is 27.1 Å². The first-order valence-electron chi connectivity index (χ1n) is 5.11. The van der Waals surface area contributed by atoms with Crippen molar-refractivity contribution in [1.29, 1.82) is 5.26 Å². The molecule has 3 aromatic rings. The first kappa shape index (κ1) is 8.94. The molecule has 0 N–H and O–H groups in total. The number of nitriles is 1. The van der Waals surface area contributed by atoms with Crippen molar-refractivity contribution >= 4 is 21.5 Å². The largest absolute Gasteiger partial charge is 0.192 e.